The summed E-state index contributed by atoms with van der Waals surface area (Å²) in [6.45, 7) is 0.995. The number of carbonyl (C=O) groups excluding carboxylic acids is 1. The molecule has 0 spiro atoms. The third-order valence-corrected chi connectivity index (χ3v) is 5.45. The van der Waals surface area contributed by atoms with Gasteiger partial charge in [0.25, 0.3) is 0 Å². The Morgan fingerprint density at radius 1 is 0.926 bits per heavy atom. The van der Waals surface area contributed by atoms with Gasteiger partial charge in [0.1, 0.15) is 0 Å². The Labute approximate surface area is 168 Å². The van der Waals surface area contributed by atoms with E-state index in [-0.39, 0.29) is 18.4 Å². The zero-order chi connectivity index (χ0) is 18.8. The zero-order valence-electron chi connectivity index (χ0n) is 14.5. The fourth-order valence-electron chi connectivity index (χ4n) is 3.58. The van der Waals surface area contributed by atoms with Crippen molar-refractivity contribution >= 4 is 40.5 Å². The van der Waals surface area contributed by atoms with Crippen LogP contribution in [-0.2, 0) is 4.79 Å². The van der Waals surface area contributed by atoms with E-state index in [4.69, 9.17) is 23.2 Å². The monoisotopic (exact) mass is 396 g/mol. The third-order valence-electron chi connectivity index (χ3n) is 4.82. The van der Waals surface area contributed by atoms with Crippen LogP contribution in [0.25, 0.3) is 0 Å². The van der Waals surface area contributed by atoms with Gasteiger partial charge in [-0.15, -0.1) is 0 Å². The molecule has 5 heteroatoms. The molecule has 0 saturated carbocycles. The van der Waals surface area contributed by atoms with Crippen LogP contribution in [0.3, 0.4) is 0 Å². The van der Waals surface area contributed by atoms with E-state index in [1.165, 1.54) is 11.1 Å². The Morgan fingerprint density at radius 2 is 1.59 bits per heavy atom. The standard InChI is InChI=1S/C22H18Cl2N2O/c23-18-10-6-11-19(24)22(18)25-21(27)14-26-13-17(15-7-2-1-3-8-15)16-9-4-5-12-20(16)26/h1-12,17H,13-14H2,(H,25,27). The topological polar surface area (TPSA) is 32.3 Å². The first-order valence-electron chi connectivity index (χ1n) is 8.76. The molecule has 1 atom stereocenters. The largest absolute Gasteiger partial charge is 0.361 e. The molecule has 27 heavy (non-hydrogen) atoms. The van der Waals surface area contributed by atoms with Crippen LogP contribution in [0.2, 0.25) is 10.0 Å². The number of halogens is 2. The summed E-state index contributed by atoms with van der Waals surface area (Å²) >= 11 is 12.3. The van der Waals surface area contributed by atoms with Crippen molar-refractivity contribution in [1.82, 2.24) is 0 Å². The highest BCUT2D eigenvalue weighted by atomic mass is 35.5. The summed E-state index contributed by atoms with van der Waals surface area (Å²) in [7, 11) is 0. The number of amides is 1. The van der Waals surface area contributed by atoms with Gasteiger partial charge in [-0.1, -0.05) is 77.8 Å². The van der Waals surface area contributed by atoms with E-state index in [0.717, 1.165) is 12.2 Å². The maximum absolute atomic E-state index is 12.7. The number of fused-ring (bicyclic) bond motifs is 1. The lowest BCUT2D eigenvalue weighted by molar-refractivity contribution is -0.115. The molecule has 0 radical (unpaired) electrons. The molecule has 1 amide bonds. The van der Waals surface area contributed by atoms with Gasteiger partial charge in [0.15, 0.2) is 0 Å². The van der Waals surface area contributed by atoms with Gasteiger partial charge in [-0.3, -0.25) is 4.79 Å². The zero-order valence-corrected chi connectivity index (χ0v) is 16.0. The maximum Gasteiger partial charge on any atom is 0.243 e. The van der Waals surface area contributed by atoms with Crippen LogP contribution in [0.1, 0.15) is 17.0 Å². The van der Waals surface area contributed by atoms with Gasteiger partial charge in [0.05, 0.1) is 22.3 Å². The lowest BCUT2D eigenvalue weighted by Crippen LogP contribution is -2.32. The molecule has 3 aromatic carbocycles. The fraction of sp³-hybridized carbons (Fsp3) is 0.136. The molecule has 0 bridgehead atoms. The Balaban J connectivity index is 1.55. The molecule has 1 N–H and O–H groups in total. The van der Waals surface area contributed by atoms with Crippen molar-refractivity contribution in [3.8, 4) is 0 Å². The second-order valence-electron chi connectivity index (χ2n) is 6.55. The van der Waals surface area contributed by atoms with Crippen molar-refractivity contribution < 1.29 is 4.79 Å². The van der Waals surface area contributed by atoms with Crippen LogP contribution in [0.15, 0.2) is 72.8 Å². The first-order valence-corrected chi connectivity index (χ1v) is 9.52. The van der Waals surface area contributed by atoms with E-state index in [9.17, 15) is 4.79 Å². The lowest BCUT2D eigenvalue weighted by atomic mass is 9.93. The molecular formula is C22H18Cl2N2O. The van der Waals surface area contributed by atoms with Crippen molar-refractivity contribution in [3.05, 3.63) is 94.0 Å². The van der Waals surface area contributed by atoms with Gasteiger partial charge in [-0.05, 0) is 29.3 Å². The van der Waals surface area contributed by atoms with Gasteiger partial charge < -0.3 is 10.2 Å². The number of para-hydroxylation sites is 2. The summed E-state index contributed by atoms with van der Waals surface area (Å²) in [6.07, 6.45) is 0. The summed E-state index contributed by atoms with van der Waals surface area (Å²) in [5, 5.41) is 3.71. The average Bonchev–Trinajstić information content (AvgIpc) is 3.04. The van der Waals surface area contributed by atoms with Crippen molar-refractivity contribution in [3.63, 3.8) is 0 Å². The van der Waals surface area contributed by atoms with Crippen LogP contribution in [0.4, 0.5) is 11.4 Å². The van der Waals surface area contributed by atoms with Gasteiger partial charge in [0, 0.05) is 18.2 Å². The molecule has 3 nitrogen and oxygen atoms in total. The van der Waals surface area contributed by atoms with Gasteiger partial charge in [0.2, 0.25) is 5.91 Å². The quantitative estimate of drug-likeness (QED) is 0.623. The Bertz CT molecular complexity index is 955. The number of rotatable bonds is 4. The Hall–Kier alpha value is -2.49. The fourth-order valence-corrected chi connectivity index (χ4v) is 4.07. The predicted molar refractivity (Wildman–Crippen MR) is 112 cm³/mol. The molecule has 1 aliphatic rings. The minimum atomic E-state index is -0.145. The van der Waals surface area contributed by atoms with E-state index < -0.39 is 0 Å². The van der Waals surface area contributed by atoms with Crippen LogP contribution in [-0.4, -0.2) is 19.0 Å². The van der Waals surface area contributed by atoms with Gasteiger partial charge in [-0.2, -0.15) is 0 Å². The summed E-state index contributed by atoms with van der Waals surface area (Å²) in [5.41, 5.74) is 4.04. The summed E-state index contributed by atoms with van der Waals surface area (Å²) < 4.78 is 0. The van der Waals surface area contributed by atoms with Crippen LogP contribution < -0.4 is 10.2 Å². The molecule has 1 aliphatic heterocycles. The molecule has 136 valence electrons. The van der Waals surface area contributed by atoms with E-state index in [2.05, 4.69) is 34.5 Å². The first kappa shape index (κ1) is 17.9. The predicted octanol–water partition coefficient (Wildman–Crippen LogP) is 5.58. The molecule has 0 saturated heterocycles. The van der Waals surface area contributed by atoms with Crippen LogP contribution in [0, 0.1) is 0 Å². The highest BCUT2D eigenvalue weighted by Crippen LogP contribution is 2.39. The molecule has 4 rings (SSSR count). The number of hydrogen-bond donors (Lipinski definition) is 1. The molecular weight excluding hydrogens is 379 g/mol. The highest BCUT2D eigenvalue weighted by Gasteiger charge is 2.30. The summed E-state index contributed by atoms with van der Waals surface area (Å²) in [6, 6.07) is 23.8. The normalized spacial score (nSPS) is 15.5. The third kappa shape index (κ3) is 3.66. The average molecular weight is 397 g/mol. The maximum atomic E-state index is 12.7. The number of benzene rings is 3. The van der Waals surface area contributed by atoms with Crippen molar-refractivity contribution in [1.29, 1.82) is 0 Å². The Morgan fingerprint density at radius 3 is 2.33 bits per heavy atom. The first-order chi connectivity index (χ1) is 13.1. The number of hydrogen-bond acceptors (Lipinski definition) is 2. The van der Waals surface area contributed by atoms with E-state index in [1.807, 2.05) is 30.3 Å². The van der Waals surface area contributed by atoms with Gasteiger partial charge >= 0.3 is 0 Å². The number of nitrogens with one attached hydrogen (secondary N) is 1. The molecule has 1 unspecified atom stereocenters. The van der Waals surface area contributed by atoms with E-state index in [1.54, 1.807) is 18.2 Å². The molecule has 0 aliphatic carbocycles. The van der Waals surface area contributed by atoms with Crippen molar-refractivity contribution in [2.45, 2.75) is 5.92 Å². The van der Waals surface area contributed by atoms with Gasteiger partial charge in [-0.25, -0.2) is 0 Å². The second-order valence-corrected chi connectivity index (χ2v) is 7.36. The molecule has 1 heterocycles. The summed E-state index contributed by atoms with van der Waals surface area (Å²) in [4.78, 5) is 14.8. The minimum Gasteiger partial charge on any atom is -0.361 e. The highest BCUT2D eigenvalue weighted by molar-refractivity contribution is 6.39. The smallest absolute Gasteiger partial charge is 0.243 e. The lowest BCUT2D eigenvalue weighted by Gasteiger charge is -2.20. The number of carbonyl (C=O) groups is 1. The van der Waals surface area contributed by atoms with E-state index in [0.29, 0.717) is 15.7 Å². The Kier molecular flexibility index (Phi) is 5.06. The molecule has 0 aromatic heterocycles. The number of nitrogens with zero attached hydrogens (tertiary/aromatic N) is 1. The SMILES string of the molecule is O=C(CN1CC(c2ccccc2)c2ccccc21)Nc1c(Cl)cccc1Cl. The minimum absolute atomic E-state index is 0.145. The second kappa shape index (κ2) is 7.63. The molecule has 3 aromatic rings. The van der Waals surface area contributed by atoms with Crippen molar-refractivity contribution in [2.24, 2.45) is 0 Å². The number of anilines is 2. The van der Waals surface area contributed by atoms with Crippen LogP contribution >= 0.6 is 23.2 Å². The van der Waals surface area contributed by atoms with Crippen LogP contribution in [0.5, 0.6) is 0 Å². The molecule has 0 fully saturated rings. The summed E-state index contributed by atoms with van der Waals surface area (Å²) in [5.74, 6) is 0.104. The van der Waals surface area contributed by atoms with Crippen molar-refractivity contribution in [2.75, 3.05) is 23.3 Å². The van der Waals surface area contributed by atoms with E-state index >= 15 is 0 Å².